The third-order valence-corrected chi connectivity index (χ3v) is 5.19. The molecule has 0 aliphatic carbocycles. The van der Waals surface area contributed by atoms with Crippen molar-refractivity contribution in [3.63, 3.8) is 0 Å². The van der Waals surface area contributed by atoms with Gasteiger partial charge in [-0.15, -0.1) is 11.6 Å². The van der Waals surface area contributed by atoms with E-state index in [1.165, 1.54) is 12.1 Å². The first-order valence-electron chi connectivity index (χ1n) is 5.50. The molecule has 0 saturated carbocycles. The molecule has 1 unspecified atom stereocenters. The van der Waals surface area contributed by atoms with Crippen LogP contribution in [0.2, 0.25) is 0 Å². The van der Waals surface area contributed by atoms with Gasteiger partial charge in [-0.1, -0.05) is 6.07 Å². The van der Waals surface area contributed by atoms with Crippen molar-refractivity contribution in [2.24, 2.45) is 0 Å². The number of hydrogen-bond acceptors (Lipinski definition) is 2. The number of benzene rings is 1. The molecule has 0 bridgehead atoms. The molecule has 1 atom stereocenters. The lowest BCUT2D eigenvalue weighted by Gasteiger charge is -2.28. The molecule has 0 heterocycles. The molecule has 0 aromatic heterocycles. The van der Waals surface area contributed by atoms with Crippen molar-refractivity contribution in [3.8, 4) is 0 Å². The van der Waals surface area contributed by atoms with Gasteiger partial charge in [0.15, 0.2) is 0 Å². The number of rotatable bonds is 4. The zero-order valence-corrected chi connectivity index (χ0v) is 12.4. The normalized spacial score (nSPS) is 14.6. The Balaban J connectivity index is 3.19. The molecule has 0 radical (unpaired) electrons. The van der Waals surface area contributed by atoms with Crippen LogP contribution in [0.3, 0.4) is 0 Å². The predicted octanol–water partition coefficient (Wildman–Crippen LogP) is 2.82. The summed E-state index contributed by atoms with van der Waals surface area (Å²) in [6, 6.07) is 3.66. The molecule has 0 saturated heterocycles. The van der Waals surface area contributed by atoms with Crippen LogP contribution in [0, 0.1) is 12.7 Å². The number of sulfonamides is 1. The first-order chi connectivity index (χ1) is 8.06. The van der Waals surface area contributed by atoms with Gasteiger partial charge in [-0.25, -0.2) is 17.5 Å². The molecule has 0 amide bonds. The van der Waals surface area contributed by atoms with Crippen molar-refractivity contribution in [1.29, 1.82) is 0 Å². The van der Waals surface area contributed by atoms with E-state index in [1.807, 2.05) is 0 Å². The summed E-state index contributed by atoms with van der Waals surface area (Å²) in [5.74, 6) is -0.585. The molecule has 18 heavy (non-hydrogen) atoms. The monoisotopic (exact) mass is 293 g/mol. The number of nitrogens with one attached hydrogen (secondary N) is 1. The Morgan fingerprint density at radius 2 is 1.94 bits per heavy atom. The summed E-state index contributed by atoms with van der Waals surface area (Å²) in [5.41, 5.74) is -0.332. The molecular weight excluding hydrogens is 277 g/mol. The highest BCUT2D eigenvalue weighted by Gasteiger charge is 2.31. The van der Waals surface area contributed by atoms with Crippen molar-refractivity contribution >= 4 is 21.6 Å². The van der Waals surface area contributed by atoms with Gasteiger partial charge < -0.3 is 0 Å². The number of halogens is 2. The summed E-state index contributed by atoms with van der Waals surface area (Å²) in [6.45, 7) is 6.67. The lowest BCUT2D eigenvalue weighted by molar-refractivity contribution is 0.445. The van der Waals surface area contributed by atoms with Crippen LogP contribution in [0.15, 0.2) is 23.1 Å². The third kappa shape index (κ3) is 3.43. The van der Waals surface area contributed by atoms with E-state index in [9.17, 15) is 12.8 Å². The van der Waals surface area contributed by atoms with E-state index in [-0.39, 0.29) is 4.90 Å². The van der Waals surface area contributed by atoms with Crippen LogP contribution in [-0.2, 0) is 10.0 Å². The topological polar surface area (TPSA) is 46.2 Å². The highest BCUT2D eigenvalue weighted by molar-refractivity contribution is 7.89. The molecule has 1 aromatic carbocycles. The molecule has 0 aliphatic heterocycles. The molecule has 6 heteroatoms. The fraction of sp³-hybridized carbons (Fsp3) is 0.500. The smallest absolute Gasteiger partial charge is 0.207 e. The lowest BCUT2D eigenvalue weighted by atomic mass is 10.0. The Morgan fingerprint density at radius 3 is 2.44 bits per heavy atom. The summed E-state index contributed by atoms with van der Waals surface area (Å²) in [7, 11) is -3.79. The fourth-order valence-corrected chi connectivity index (χ4v) is 3.20. The second-order valence-corrected chi connectivity index (χ2v) is 7.16. The quantitative estimate of drug-likeness (QED) is 0.868. The van der Waals surface area contributed by atoms with Crippen molar-refractivity contribution in [1.82, 2.24) is 4.72 Å². The minimum Gasteiger partial charge on any atom is -0.207 e. The molecular formula is C12H17ClFNO2S. The maximum absolute atomic E-state index is 13.2. The Labute approximate surface area is 112 Å². The third-order valence-electron chi connectivity index (χ3n) is 2.83. The van der Waals surface area contributed by atoms with E-state index in [1.54, 1.807) is 27.7 Å². The lowest BCUT2D eigenvalue weighted by Crippen LogP contribution is -2.49. The molecule has 1 aromatic rings. The average molecular weight is 294 g/mol. The summed E-state index contributed by atoms with van der Waals surface area (Å²) in [6.07, 6.45) is 0. The zero-order valence-electron chi connectivity index (χ0n) is 10.8. The Hall–Kier alpha value is -0.650. The summed E-state index contributed by atoms with van der Waals surface area (Å²) in [5, 5.41) is -0.402. The first kappa shape index (κ1) is 15.4. The van der Waals surface area contributed by atoms with Gasteiger partial charge in [0.05, 0.1) is 4.90 Å². The van der Waals surface area contributed by atoms with Crippen LogP contribution in [0.25, 0.3) is 0 Å². The molecule has 102 valence electrons. The Morgan fingerprint density at radius 1 is 1.39 bits per heavy atom. The largest absolute Gasteiger partial charge is 0.241 e. The summed E-state index contributed by atoms with van der Waals surface area (Å²) in [4.78, 5) is -0.0621. The van der Waals surface area contributed by atoms with Gasteiger partial charge >= 0.3 is 0 Å². The first-order valence-corrected chi connectivity index (χ1v) is 7.42. The summed E-state index contributed by atoms with van der Waals surface area (Å²) >= 11 is 5.93. The van der Waals surface area contributed by atoms with Gasteiger partial charge in [-0.05, 0) is 45.4 Å². The van der Waals surface area contributed by atoms with E-state index in [0.29, 0.717) is 5.56 Å². The zero-order chi connectivity index (χ0) is 14.1. The highest BCUT2D eigenvalue weighted by atomic mass is 35.5. The van der Waals surface area contributed by atoms with Gasteiger partial charge in [0.25, 0.3) is 0 Å². The highest BCUT2D eigenvalue weighted by Crippen LogP contribution is 2.21. The van der Waals surface area contributed by atoms with E-state index >= 15 is 0 Å². The SMILES string of the molecule is Cc1ccc(F)cc1S(=O)(=O)NC(C)(C)C(C)Cl. The fourth-order valence-electron chi connectivity index (χ4n) is 1.35. The summed E-state index contributed by atoms with van der Waals surface area (Å²) < 4.78 is 40.0. The second-order valence-electron chi connectivity index (χ2n) is 4.85. The van der Waals surface area contributed by atoms with Gasteiger partial charge in [-0.3, -0.25) is 0 Å². The van der Waals surface area contributed by atoms with Crippen LogP contribution in [-0.4, -0.2) is 19.3 Å². The predicted molar refractivity (Wildman–Crippen MR) is 70.9 cm³/mol. The average Bonchev–Trinajstić information content (AvgIpc) is 2.19. The maximum Gasteiger partial charge on any atom is 0.241 e. The molecule has 0 spiro atoms. The Kier molecular flexibility index (Phi) is 4.41. The maximum atomic E-state index is 13.2. The molecule has 3 nitrogen and oxygen atoms in total. The van der Waals surface area contributed by atoms with Crippen LogP contribution in [0.4, 0.5) is 4.39 Å². The van der Waals surface area contributed by atoms with E-state index in [2.05, 4.69) is 4.72 Å². The van der Waals surface area contributed by atoms with Crippen molar-refractivity contribution < 1.29 is 12.8 Å². The van der Waals surface area contributed by atoms with Gasteiger partial charge in [0.1, 0.15) is 5.82 Å². The second kappa shape index (κ2) is 5.15. The Bertz CT molecular complexity index is 541. The van der Waals surface area contributed by atoms with Gasteiger partial charge in [-0.2, -0.15) is 0 Å². The van der Waals surface area contributed by atoms with Gasteiger partial charge in [0.2, 0.25) is 10.0 Å². The van der Waals surface area contributed by atoms with Crippen molar-refractivity contribution in [2.45, 2.75) is 43.5 Å². The number of aryl methyl sites for hydroxylation is 1. The molecule has 1 rings (SSSR count). The molecule has 0 aliphatic rings. The minimum atomic E-state index is -3.79. The number of hydrogen-bond donors (Lipinski definition) is 1. The molecule has 1 N–H and O–H groups in total. The van der Waals surface area contributed by atoms with Crippen molar-refractivity contribution in [3.05, 3.63) is 29.6 Å². The van der Waals surface area contributed by atoms with Gasteiger partial charge in [0, 0.05) is 10.9 Å². The molecule has 0 fully saturated rings. The van der Waals surface area contributed by atoms with Crippen molar-refractivity contribution in [2.75, 3.05) is 0 Å². The number of alkyl halides is 1. The van der Waals surface area contributed by atoms with E-state index in [0.717, 1.165) is 6.07 Å². The standard InChI is InChI=1S/C12H17ClFNO2S/c1-8-5-6-10(14)7-11(8)18(16,17)15-12(3,4)9(2)13/h5-7,9,15H,1-4H3. The van der Waals surface area contributed by atoms with E-state index < -0.39 is 26.8 Å². The van der Waals surface area contributed by atoms with Crippen LogP contribution < -0.4 is 4.72 Å². The van der Waals surface area contributed by atoms with Crippen LogP contribution in [0.5, 0.6) is 0 Å². The van der Waals surface area contributed by atoms with Crippen LogP contribution in [0.1, 0.15) is 26.3 Å². The minimum absolute atomic E-state index is 0.0621. The van der Waals surface area contributed by atoms with Crippen LogP contribution >= 0.6 is 11.6 Å². The van der Waals surface area contributed by atoms with E-state index in [4.69, 9.17) is 11.6 Å².